The van der Waals surface area contributed by atoms with Crippen molar-refractivity contribution in [3.8, 4) is 0 Å². The zero-order valence-electron chi connectivity index (χ0n) is 14.1. The molecule has 1 unspecified atom stereocenters. The smallest absolute Gasteiger partial charge is 0.0589 e. The Morgan fingerprint density at radius 2 is 1.71 bits per heavy atom. The molecule has 2 N–H and O–H groups in total. The van der Waals surface area contributed by atoms with Crippen molar-refractivity contribution < 1.29 is 4.74 Å². The highest BCUT2D eigenvalue weighted by atomic mass is 16.5. The van der Waals surface area contributed by atoms with E-state index in [4.69, 9.17) is 10.5 Å². The predicted octanol–water partition coefficient (Wildman–Crippen LogP) is 3.52. The van der Waals surface area contributed by atoms with Crippen LogP contribution in [0, 0.1) is 6.92 Å². The van der Waals surface area contributed by atoms with Crippen molar-refractivity contribution in [2.75, 3.05) is 26.8 Å². The SMILES string of the molecule is CCC(CC)N(CCOC)CCC(N)c1ccc(C)cc1. The molecule has 120 valence electrons. The third-order valence-electron chi connectivity index (χ3n) is 4.27. The van der Waals surface area contributed by atoms with Gasteiger partial charge in [0.1, 0.15) is 0 Å². The Balaban J connectivity index is 2.56. The fourth-order valence-electron chi connectivity index (χ4n) is 2.78. The molecule has 1 aromatic carbocycles. The number of hydrogen-bond acceptors (Lipinski definition) is 3. The van der Waals surface area contributed by atoms with Crippen LogP contribution in [0.2, 0.25) is 0 Å². The van der Waals surface area contributed by atoms with Crippen LogP contribution >= 0.6 is 0 Å². The molecule has 1 rings (SSSR count). The molecule has 21 heavy (non-hydrogen) atoms. The number of nitrogens with two attached hydrogens (primary N) is 1. The Hall–Kier alpha value is -0.900. The minimum absolute atomic E-state index is 0.116. The van der Waals surface area contributed by atoms with Gasteiger partial charge in [-0.2, -0.15) is 0 Å². The average molecular weight is 292 g/mol. The second-order valence-electron chi connectivity index (χ2n) is 5.80. The summed E-state index contributed by atoms with van der Waals surface area (Å²) in [6.07, 6.45) is 3.35. The van der Waals surface area contributed by atoms with E-state index >= 15 is 0 Å². The van der Waals surface area contributed by atoms with Crippen LogP contribution in [0.4, 0.5) is 0 Å². The van der Waals surface area contributed by atoms with Crippen LogP contribution in [0.1, 0.15) is 50.3 Å². The number of methoxy groups -OCH3 is 1. The average Bonchev–Trinajstić information content (AvgIpc) is 2.50. The lowest BCUT2D eigenvalue weighted by Gasteiger charge is -2.31. The van der Waals surface area contributed by atoms with Crippen molar-refractivity contribution in [1.29, 1.82) is 0 Å². The quantitative estimate of drug-likeness (QED) is 0.717. The van der Waals surface area contributed by atoms with Gasteiger partial charge in [0.2, 0.25) is 0 Å². The molecule has 0 heterocycles. The van der Waals surface area contributed by atoms with Gasteiger partial charge in [0.05, 0.1) is 6.61 Å². The van der Waals surface area contributed by atoms with E-state index in [1.165, 1.54) is 24.0 Å². The summed E-state index contributed by atoms with van der Waals surface area (Å²) in [6, 6.07) is 9.32. The maximum absolute atomic E-state index is 6.35. The Kier molecular flexibility index (Phi) is 8.58. The molecule has 1 aromatic rings. The molecule has 3 heteroatoms. The zero-order chi connectivity index (χ0) is 15.7. The van der Waals surface area contributed by atoms with Gasteiger partial charge in [0.25, 0.3) is 0 Å². The molecule has 0 radical (unpaired) electrons. The first-order valence-corrected chi connectivity index (χ1v) is 8.17. The molecule has 0 spiro atoms. The van der Waals surface area contributed by atoms with E-state index in [2.05, 4.69) is 49.9 Å². The monoisotopic (exact) mass is 292 g/mol. The summed E-state index contributed by atoms with van der Waals surface area (Å²) in [5, 5.41) is 0. The zero-order valence-corrected chi connectivity index (χ0v) is 14.1. The van der Waals surface area contributed by atoms with Crippen LogP contribution in [-0.2, 0) is 4.74 Å². The molecule has 0 aliphatic carbocycles. The van der Waals surface area contributed by atoms with Gasteiger partial charge in [-0.3, -0.25) is 4.90 Å². The molecule has 0 saturated carbocycles. The number of aryl methyl sites for hydroxylation is 1. The van der Waals surface area contributed by atoms with Crippen LogP contribution in [0.3, 0.4) is 0 Å². The van der Waals surface area contributed by atoms with Gasteiger partial charge in [0, 0.05) is 32.3 Å². The van der Waals surface area contributed by atoms with E-state index in [1.807, 2.05) is 0 Å². The lowest BCUT2D eigenvalue weighted by Crippen LogP contribution is -2.38. The highest BCUT2D eigenvalue weighted by Gasteiger charge is 2.16. The minimum atomic E-state index is 0.116. The molecule has 0 saturated heterocycles. The van der Waals surface area contributed by atoms with Gasteiger partial charge in [-0.15, -0.1) is 0 Å². The summed E-state index contributed by atoms with van der Waals surface area (Å²) in [4.78, 5) is 2.53. The summed E-state index contributed by atoms with van der Waals surface area (Å²) in [7, 11) is 1.77. The summed E-state index contributed by atoms with van der Waals surface area (Å²) in [5.74, 6) is 0. The molecule has 0 aliphatic heterocycles. The van der Waals surface area contributed by atoms with Crippen molar-refractivity contribution in [2.45, 2.75) is 52.1 Å². The van der Waals surface area contributed by atoms with E-state index in [-0.39, 0.29) is 6.04 Å². The summed E-state index contributed by atoms with van der Waals surface area (Å²) in [6.45, 7) is 9.43. The molecule has 0 fully saturated rings. The summed E-state index contributed by atoms with van der Waals surface area (Å²) in [5.41, 5.74) is 8.86. The van der Waals surface area contributed by atoms with Crippen LogP contribution in [0.25, 0.3) is 0 Å². The van der Waals surface area contributed by atoms with E-state index < -0.39 is 0 Å². The van der Waals surface area contributed by atoms with Gasteiger partial charge in [-0.05, 0) is 31.7 Å². The second kappa shape index (κ2) is 9.93. The lowest BCUT2D eigenvalue weighted by molar-refractivity contribution is 0.112. The molecular weight excluding hydrogens is 260 g/mol. The maximum Gasteiger partial charge on any atom is 0.0589 e. The molecule has 0 amide bonds. The Bertz CT molecular complexity index is 373. The van der Waals surface area contributed by atoms with Gasteiger partial charge in [-0.25, -0.2) is 0 Å². The van der Waals surface area contributed by atoms with E-state index in [1.54, 1.807) is 7.11 Å². The van der Waals surface area contributed by atoms with Gasteiger partial charge >= 0.3 is 0 Å². The molecule has 0 bridgehead atoms. The Morgan fingerprint density at radius 3 is 2.24 bits per heavy atom. The van der Waals surface area contributed by atoms with Crippen molar-refractivity contribution in [3.63, 3.8) is 0 Å². The highest BCUT2D eigenvalue weighted by molar-refractivity contribution is 5.23. The Morgan fingerprint density at radius 1 is 1.10 bits per heavy atom. The normalized spacial score (nSPS) is 13.1. The van der Waals surface area contributed by atoms with Crippen molar-refractivity contribution in [1.82, 2.24) is 4.90 Å². The number of rotatable bonds is 10. The van der Waals surface area contributed by atoms with E-state index in [0.29, 0.717) is 6.04 Å². The maximum atomic E-state index is 6.35. The van der Waals surface area contributed by atoms with Crippen LogP contribution in [-0.4, -0.2) is 37.7 Å². The van der Waals surface area contributed by atoms with E-state index in [0.717, 1.165) is 26.1 Å². The van der Waals surface area contributed by atoms with Crippen LogP contribution in [0.15, 0.2) is 24.3 Å². The fourth-order valence-corrected chi connectivity index (χ4v) is 2.78. The third-order valence-corrected chi connectivity index (χ3v) is 4.27. The molecule has 3 nitrogen and oxygen atoms in total. The van der Waals surface area contributed by atoms with Crippen molar-refractivity contribution >= 4 is 0 Å². The standard InChI is InChI=1S/C18H32N2O/c1-5-17(6-2)20(13-14-21-4)12-11-18(19)16-9-7-15(3)8-10-16/h7-10,17-18H,5-6,11-14,19H2,1-4H3. The van der Waals surface area contributed by atoms with Gasteiger partial charge < -0.3 is 10.5 Å². The van der Waals surface area contributed by atoms with Crippen molar-refractivity contribution in [2.24, 2.45) is 5.73 Å². The minimum Gasteiger partial charge on any atom is -0.383 e. The largest absolute Gasteiger partial charge is 0.383 e. The fraction of sp³-hybridized carbons (Fsp3) is 0.667. The van der Waals surface area contributed by atoms with Crippen molar-refractivity contribution in [3.05, 3.63) is 35.4 Å². The van der Waals surface area contributed by atoms with Crippen LogP contribution in [0.5, 0.6) is 0 Å². The number of nitrogens with zero attached hydrogens (tertiary/aromatic N) is 1. The second-order valence-corrected chi connectivity index (χ2v) is 5.80. The predicted molar refractivity (Wildman–Crippen MR) is 90.5 cm³/mol. The first-order chi connectivity index (χ1) is 10.1. The number of benzene rings is 1. The topological polar surface area (TPSA) is 38.5 Å². The van der Waals surface area contributed by atoms with Crippen LogP contribution < -0.4 is 5.73 Å². The first kappa shape index (κ1) is 18.1. The Labute approximate surface area is 130 Å². The molecule has 0 aromatic heterocycles. The highest BCUT2D eigenvalue weighted by Crippen LogP contribution is 2.17. The molecule has 1 atom stereocenters. The third kappa shape index (κ3) is 6.16. The molecular formula is C18H32N2O. The number of ether oxygens (including phenoxy) is 1. The van der Waals surface area contributed by atoms with Gasteiger partial charge in [-0.1, -0.05) is 43.7 Å². The summed E-state index contributed by atoms with van der Waals surface area (Å²) >= 11 is 0. The lowest BCUT2D eigenvalue weighted by atomic mass is 10.0. The number of hydrogen-bond donors (Lipinski definition) is 1. The summed E-state index contributed by atoms with van der Waals surface area (Å²) < 4.78 is 5.24. The molecule has 0 aliphatic rings. The first-order valence-electron chi connectivity index (χ1n) is 8.17. The van der Waals surface area contributed by atoms with E-state index in [9.17, 15) is 0 Å². The van der Waals surface area contributed by atoms with Gasteiger partial charge in [0.15, 0.2) is 0 Å².